The number of hydrogen-bond donors (Lipinski definition) is 3. The number of hydrogen-bond acceptors (Lipinski definition) is 4. The second-order valence-corrected chi connectivity index (χ2v) is 5.40. The molecular weight excluding hydrogens is 274 g/mol. The Hall–Kier alpha value is -1.34. The van der Waals surface area contributed by atoms with Gasteiger partial charge in [0, 0.05) is 0 Å². The molecule has 0 unspecified atom stereocenters. The predicted octanol–water partition coefficient (Wildman–Crippen LogP) is -1.21. The fourth-order valence-corrected chi connectivity index (χ4v) is 2.25. The van der Waals surface area contributed by atoms with E-state index in [1.54, 1.807) is 0 Å². The number of urea groups is 1. The maximum Gasteiger partial charge on any atom is 0.328 e. The van der Waals surface area contributed by atoms with Gasteiger partial charge in [-0.2, -0.15) is 0 Å². The lowest BCUT2D eigenvalue weighted by Crippen LogP contribution is -3.14. The van der Waals surface area contributed by atoms with E-state index in [9.17, 15) is 9.59 Å². The van der Waals surface area contributed by atoms with Crippen molar-refractivity contribution >= 4 is 12.0 Å². The highest BCUT2D eigenvalue weighted by molar-refractivity contribution is 5.83. The van der Waals surface area contributed by atoms with E-state index in [4.69, 9.17) is 9.47 Å². The summed E-state index contributed by atoms with van der Waals surface area (Å²) >= 11 is 0. The van der Waals surface area contributed by atoms with Crippen molar-refractivity contribution in [3.63, 3.8) is 0 Å². The summed E-state index contributed by atoms with van der Waals surface area (Å²) in [6.45, 7) is 8.84. The topological polar surface area (TPSA) is 81.1 Å². The van der Waals surface area contributed by atoms with Gasteiger partial charge in [-0.3, -0.25) is 0 Å². The van der Waals surface area contributed by atoms with Crippen LogP contribution in [0.2, 0.25) is 0 Å². The van der Waals surface area contributed by atoms with E-state index in [-0.39, 0.29) is 11.9 Å². The highest BCUT2D eigenvalue weighted by Crippen LogP contribution is 2.08. The Morgan fingerprint density at radius 2 is 2.00 bits per heavy atom. The molecule has 1 fully saturated rings. The number of morpholine rings is 1. The molecule has 0 aliphatic carbocycles. The van der Waals surface area contributed by atoms with Crippen LogP contribution in [0.15, 0.2) is 0 Å². The number of ether oxygens (including phenoxy) is 2. The number of carbonyl (C=O) groups is 2. The van der Waals surface area contributed by atoms with Crippen LogP contribution < -0.4 is 15.5 Å². The third-order valence-electron chi connectivity index (χ3n) is 3.92. The molecule has 1 aliphatic rings. The van der Waals surface area contributed by atoms with Gasteiger partial charge in [-0.05, 0) is 5.92 Å². The minimum atomic E-state index is -0.601. The zero-order valence-electron chi connectivity index (χ0n) is 13.2. The number of amides is 2. The number of rotatable bonds is 7. The predicted molar refractivity (Wildman–Crippen MR) is 78.2 cm³/mol. The molecule has 0 spiro atoms. The summed E-state index contributed by atoms with van der Waals surface area (Å²) in [5, 5.41) is 5.50. The maximum absolute atomic E-state index is 11.9. The Bertz CT molecular complexity index is 332. The van der Waals surface area contributed by atoms with Crippen molar-refractivity contribution < 1.29 is 24.0 Å². The standard InChI is InChI=1S/C14H27N3O4/c1-4-11(2)12(13(18)20-3)16-14(19)15-5-6-17-7-9-21-10-8-17/h11-12H,4-10H2,1-3H3,(H2,15,16,19)/p+1/t11-,12+/m1/s1. The number of carbonyl (C=O) groups excluding carboxylic acids is 2. The van der Waals surface area contributed by atoms with Crippen LogP contribution in [0.1, 0.15) is 20.3 Å². The molecule has 0 bridgehead atoms. The minimum absolute atomic E-state index is 0.0352. The summed E-state index contributed by atoms with van der Waals surface area (Å²) in [6.07, 6.45) is 0.790. The normalized spacial score (nSPS) is 18.6. The van der Waals surface area contributed by atoms with Crippen molar-refractivity contribution in [3.8, 4) is 0 Å². The van der Waals surface area contributed by atoms with Crippen LogP contribution in [0, 0.1) is 5.92 Å². The monoisotopic (exact) mass is 302 g/mol. The third kappa shape index (κ3) is 6.31. The second-order valence-electron chi connectivity index (χ2n) is 5.40. The molecule has 0 radical (unpaired) electrons. The molecule has 2 atom stereocenters. The van der Waals surface area contributed by atoms with Crippen LogP contribution >= 0.6 is 0 Å². The Morgan fingerprint density at radius 1 is 1.33 bits per heavy atom. The summed E-state index contributed by atoms with van der Waals surface area (Å²) in [5.41, 5.74) is 0. The Kier molecular flexibility index (Phi) is 8.07. The number of nitrogens with one attached hydrogen (secondary N) is 3. The van der Waals surface area contributed by atoms with Crippen molar-refractivity contribution in [1.29, 1.82) is 0 Å². The molecule has 7 heteroatoms. The average Bonchev–Trinajstić information content (AvgIpc) is 2.52. The van der Waals surface area contributed by atoms with Crippen LogP contribution in [-0.2, 0) is 14.3 Å². The van der Waals surface area contributed by atoms with Gasteiger partial charge >= 0.3 is 12.0 Å². The van der Waals surface area contributed by atoms with Crippen molar-refractivity contribution in [2.75, 3.05) is 46.5 Å². The van der Waals surface area contributed by atoms with E-state index in [1.165, 1.54) is 12.0 Å². The molecule has 1 saturated heterocycles. The molecule has 1 heterocycles. The lowest BCUT2D eigenvalue weighted by atomic mass is 9.99. The van der Waals surface area contributed by atoms with E-state index in [0.29, 0.717) is 6.54 Å². The van der Waals surface area contributed by atoms with Crippen molar-refractivity contribution in [1.82, 2.24) is 10.6 Å². The number of quaternary nitrogens is 1. The molecule has 0 saturated carbocycles. The highest BCUT2D eigenvalue weighted by atomic mass is 16.5. The largest absolute Gasteiger partial charge is 0.467 e. The first-order valence-electron chi connectivity index (χ1n) is 7.62. The van der Waals surface area contributed by atoms with Gasteiger partial charge in [-0.15, -0.1) is 0 Å². The smallest absolute Gasteiger partial charge is 0.328 e. The first kappa shape index (κ1) is 17.7. The molecule has 2 amide bonds. The maximum atomic E-state index is 11.9. The Morgan fingerprint density at radius 3 is 2.57 bits per heavy atom. The van der Waals surface area contributed by atoms with Gasteiger partial charge in [0.05, 0.1) is 33.4 Å². The fourth-order valence-electron chi connectivity index (χ4n) is 2.25. The quantitative estimate of drug-likeness (QED) is 0.516. The van der Waals surface area contributed by atoms with E-state index in [0.717, 1.165) is 39.3 Å². The third-order valence-corrected chi connectivity index (χ3v) is 3.92. The summed E-state index contributed by atoms with van der Waals surface area (Å²) in [4.78, 5) is 25.0. The zero-order valence-corrected chi connectivity index (χ0v) is 13.2. The molecule has 0 aromatic heterocycles. The van der Waals surface area contributed by atoms with Gasteiger partial charge in [0.1, 0.15) is 19.1 Å². The van der Waals surface area contributed by atoms with Gasteiger partial charge < -0.3 is 25.0 Å². The van der Waals surface area contributed by atoms with Crippen molar-refractivity contribution in [2.45, 2.75) is 26.3 Å². The van der Waals surface area contributed by atoms with Gasteiger partial charge in [0.25, 0.3) is 0 Å². The number of methoxy groups -OCH3 is 1. The summed E-state index contributed by atoms with van der Waals surface area (Å²) < 4.78 is 10.0. The lowest BCUT2D eigenvalue weighted by molar-refractivity contribution is -0.906. The van der Waals surface area contributed by atoms with Crippen LogP contribution in [0.3, 0.4) is 0 Å². The average molecular weight is 302 g/mol. The van der Waals surface area contributed by atoms with Crippen LogP contribution in [0.25, 0.3) is 0 Å². The lowest BCUT2D eigenvalue weighted by Gasteiger charge is -2.24. The molecule has 0 aromatic rings. The van der Waals surface area contributed by atoms with Crippen LogP contribution in [0.5, 0.6) is 0 Å². The van der Waals surface area contributed by atoms with E-state index < -0.39 is 12.0 Å². The second kappa shape index (κ2) is 9.57. The van der Waals surface area contributed by atoms with E-state index in [2.05, 4.69) is 10.6 Å². The molecule has 7 nitrogen and oxygen atoms in total. The molecule has 0 aromatic carbocycles. The molecule has 1 aliphatic heterocycles. The first-order valence-corrected chi connectivity index (χ1v) is 7.62. The van der Waals surface area contributed by atoms with Crippen LogP contribution in [0.4, 0.5) is 4.79 Å². The Labute approximate surface area is 126 Å². The van der Waals surface area contributed by atoms with Crippen molar-refractivity contribution in [3.05, 3.63) is 0 Å². The SMILES string of the molecule is CC[C@@H](C)[C@H](NC(=O)NCC[NH+]1CCOCC1)C(=O)OC. The van der Waals surface area contributed by atoms with Gasteiger partial charge in [-0.25, -0.2) is 9.59 Å². The van der Waals surface area contributed by atoms with E-state index in [1.807, 2.05) is 13.8 Å². The molecule has 21 heavy (non-hydrogen) atoms. The number of esters is 1. The molecule has 122 valence electrons. The van der Waals surface area contributed by atoms with Gasteiger partial charge in [0.2, 0.25) is 0 Å². The van der Waals surface area contributed by atoms with E-state index >= 15 is 0 Å². The molecule has 3 N–H and O–H groups in total. The van der Waals surface area contributed by atoms with Gasteiger partial charge in [-0.1, -0.05) is 20.3 Å². The van der Waals surface area contributed by atoms with Crippen LogP contribution in [-0.4, -0.2) is 64.5 Å². The first-order chi connectivity index (χ1) is 10.1. The molecular formula is C14H28N3O4+. The minimum Gasteiger partial charge on any atom is -0.467 e. The fraction of sp³-hybridized carbons (Fsp3) is 0.857. The summed E-state index contributed by atoms with van der Waals surface area (Å²) in [6, 6.07) is -0.922. The summed E-state index contributed by atoms with van der Waals surface area (Å²) in [5.74, 6) is -0.369. The highest BCUT2D eigenvalue weighted by Gasteiger charge is 2.26. The summed E-state index contributed by atoms with van der Waals surface area (Å²) in [7, 11) is 1.33. The zero-order chi connectivity index (χ0) is 15.7. The van der Waals surface area contributed by atoms with Crippen molar-refractivity contribution in [2.24, 2.45) is 5.92 Å². The Balaban J connectivity index is 2.30. The van der Waals surface area contributed by atoms with Gasteiger partial charge in [0.15, 0.2) is 0 Å². The molecule has 1 rings (SSSR count).